The van der Waals surface area contributed by atoms with Crippen LogP contribution >= 0.6 is 0 Å². The topological polar surface area (TPSA) is 65.9 Å². The molecule has 1 fully saturated rings. The van der Waals surface area contributed by atoms with Gasteiger partial charge in [-0.3, -0.25) is 19.3 Å². The monoisotopic (exact) mass is 478 g/mol. The van der Waals surface area contributed by atoms with Crippen LogP contribution in [0.25, 0.3) is 10.9 Å². The molecule has 1 aliphatic rings. The summed E-state index contributed by atoms with van der Waals surface area (Å²) in [5, 5.41) is 0.656. The number of carbonyl (C=O) groups is 3. The highest BCUT2D eigenvalue weighted by Crippen LogP contribution is 2.27. The largest absolute Gasteiger partial charge is 0.350 e. The molecule has 1 aromatic heterocycles. The Morgan fingerprint density at radius 1 is 1.00 bits per heavy atom. The second-order valence-electron chi connectivity index (χ2n) is 9.63. The van der Waals surface area contributed by atoms with Crippen molar-refractivity contribution in [3.05, 3.63) is 71.2 Å². The predicted octanol–water partition coefficient (Wildman–Crippen LogP) is 3.32. The Labute approximate surface area is 204 Å². The number of carbonyl (C=O) groups excluding carboxylic acids is 3. The number of hydrogen-bond donors (Lipinski definition) is 0. The number of aromatic nitrogens is 1. The minimum atomic E-state index is -0.604. The molecule has 0 N–H and O–H groups in total. The maximum atomic E-state index is 13.7. The highest BCUT2D eigenvalue weighted by atomic mass is 19.1. The fourth-order valence-corrected chi connectivity index (χ4v) is 4.71. The quantitative estimate of drug-likeness (QED) is 0.417. The summed E-state index contributed by atoms with van der Waals surface area (Å²) in [6.07, 6.45) is 1.79. The molecule has 0 saturated carbocycles. The molecule has 2 heterocycles. The van der Waals surface area contributed by atoms with E-state index in [0.717, 1.165) is 11.1 Å². The van der Waals surface area contributed by atoms with Crippen molar-refractivity contribution in [1.29, 1.82) is 0 Å². The zero-order valence-electron chi connectivity index (χ0n) is 20.8. The van der Waals surface area contributed by atoms with Crippen LogP contribution in [-0.2, 0) is 18.4 Å². The van der Waals surface area contributed by atoms with Gasteiger partial charge in [0.25, 0.3) is 11.8 Å². The number of aryl methyl sites for hydroxylation is 1. The van der Waals surface area contributed by atoms with Gasteiger partial charge < -0.3 is 14.4 Å². The highest BCUT2D eigenvalue weighted by Gasteiger charge is 2.33. The summed E-state index contributed by atoms with van der Waals surface area (Å²) in [6, 6.07) is 11.6. The molecule has 1 saturated heterocycles. The van der Waals surface area contributed by atoms with Crippen LogP contribution in [0.2, 0.25) is 0 Å². The summed E-state index contributed by atoms with van der Waals surface area (Å²) >= 11 is 0. The number of ketones is 1. The van der Waals surface area contributed by atoms with E-state index < -0.39 is 11.7 Å². The Hall–Kier alpha value is -3.52. The number of rotatable bonds is 5. The van der Waals surface area contributed by atoms with Crippen molar-refractivity contribution in [3.8, 4) is 0 Å². The molecule has 1 aliphatic heterocycles. The van der Waals surface area contributed by atoms with Gasteiger partial charge in [-0.2, -0.15) is 0 Å². The fourth-order valence-electron chi connectivity index (χ4n) is 4.71. The lowest BCUT2D eigenvalue weighted by Crippen LogP contribution is -2.57. The van der Waals surface area contributed by atoms with Crippen molar-refractivity contribution >= 4 is 28.5 Å². The molecule has 0 bridgehead atoms. The van der Waals surface area contributed by atoms with Crippen molar-refractivity contribution in [2.45, 2.75) is 32.5 Å². The van der Waals surface area contributed by atoms with Gasteiger partial charge >= 0.3 is 0 Å². The molecule has 0 aliphatic carbocycles. The van der Waals surface area contributed by atoms with Gasteiger partial charge in [0, 0.05) is 75.5 Å². The predicted molar refractivity (Wildman–Crippen MR) is 133 cm³/mol. The molecular formula is C27H31FN4O3. The molecule has 4 rings (SSSR count). The SMILES string of the molecule is CC1CN(C(=O)c2cn(C)c3ccc(C(=O)C(=O)N(C)C)cc23)C(C)CN1Cc1ccc(F)cc1. The first-order valence-corrected chi connectivity index (χ1v) is 11.7. The Morgan fingerprint density at radius 2 is 1.69 bits per heavy atom. The average molecular weight is 479 g/mol. The van der Waals surface area contributed by atoms with Crippen molar-refractivity contribution in [1.82, 2.24) is 19.3 Å². The smallest absolute Gasteiger partial charge is 0.294 e. The Kier molecular flexibility index (Phi) is 6.76. The zero-order chi connectivity index (χ0) is 25.4. The van der Waals surface area contributed by atoms with Crippen molar-refractivity contribution in [2.75, 3.05) is 27.2 Å². The molecule has 2 aromatic carbocycles. The van der Waals surface area contributed by atoms with Gasteiger partial charge in [-0.1, -0.05) is 12.1 Å². The number of nitrogens with zero attached hydrogens (tertiary/aromatic N) is 4. The van der Waals surface area contributed by atoms with Gasteiger partial charge in [-0.15, -0.1) is 0 Å². The highest BCUT2D eigenvalue weighted by molar-refractivity contribution is 6.43. The van der Waals surface area contributed by atoms with E-state index in [1.54, 1.807) is 36.5 Å². The Bertz CT molecular complexity index is 1280. The molecule has 2 amide bonds. The van der Waals surface area contributed by atoms with E-state index in [9.17, 15) is 18.8 Å². The summed E-state index contributed by atoms with van der Waals surface area (Å²) in [5.74, 6) is -1.56. The van der Waals surface area contributed by atoms with Crippen LogP contribution in [0, 0.1) is 5.82 Å². The van der Waals surface area contributed by atoms with E-state index in [4.69, 9.17) is 0 Å². The van der Waals surface area contributed by atoms with Crippen LogP contribution in [0.15, 0.2) is 48.7 Å². The third-order valence-corrected chi connectivity index (χ3v) is 6.76. The molecule has 35 heavy (non-hydrogen) atoms. The average Bonchev–Trinajstić information content (AvgIpc) is 3.16. The first-order chi connectivity index (χ1) is 16.6. The molecular weight excluding hydrogens is 447 g/mol. The minimum absolute atomic E-state index is 0.0328. The molecule has 0 radical (unpaired) electrons. The summed E-state index contributed by atoms with van der Waals surface area (Å²) in [6.45, 7) is 6.04. The van der Waals surface area contributed by atoms with E-state index in [-0.39, 0.29) is 29.4 Å². The first-order valence-electron chi connectivity index (χ1n) is 11.7. The van der Waals surface area contributed by atoms with Crippen LogP contribution in [0.1, 0.15) is 40.1 Å². The lowest BCUT2D eigenvalue weighted by Gasteiger charge is -2.44. The Balaban J connectivity index is 1.58. The van der Waals surface area contributed by atoms with Gasteiger partial charge in [0.2, 0.25) is 5.78 Å². The van der Waals surface area contributed by atoms with E-state index in [1.807, 2.05) is 23.4 Å². The number of Topliss-reactive ketones (excluding diaryl/α,β-unsaturated/α-hetero) is 1. The number of fused-ring (bicyclic) bond motifs is 1. The zero-order valence-corrected chi connectivity index (χ0v) is 20.8. The molecule has 7 nitrogen and oxygen atoms in total. The van der Waals surface area contributed by atoms with Gasteiger partial charge in [-0.05, 0) is 49.7 Å². The lowest BCUT2D eigenvalue weighted by molar-refractivity contribution is -0.124. The second-order valence-corrected chi connectivity index (χ2v) is 9.63. The molecule has 2 unspecified atom stereocenters. The molecule has 0 spiro atoms. The number of piperazine rings is 1. The number of halogens is 1. The standard InChI is InChI=1S/C27H31FN4O3/c1-17-14-32(18(2)13-31(17)15-19-6-9-21(28)10-7-19)26(34)23-16-30(5)24-11-8-20(12-22(23)24)25(33)27(35)29(3)4/h6-12,16-18H,13-15H2,1-5H3. The van der Waals surface area contributed by atoms with Crippen molar-refractivity contribution in [3.63, 3.8) is 0 Å². The van der Waals surface area contributed by atoms with Gasteiger partial charge in [0.05, 0.1) is 5.56 Å². The van der Waals surface area contributed by atoms with Crippen molar-refractivity contribution < 1.29 is 18.8 Å². The van der Waals surface area contributed by atoms with E-state index >= 15 is 0 Å². The second kappa shape index (κ2) is 9.62. The number of amides is 2. The van der Waals surface area contributed by atoms with E-state index in [1.165, 1.54) is 31.1 Å². The van der Waals surface area contributed by atoms with Gasteiger partial charge in [0.1, 0.15) is 5.82 Å². The van der Waals surface area contributed by atoms with E-state index in [2.05, 4.69) is 11.8 Å². The number of benzene rings is 2. The van der Waals surface area contributed by atoms with Crippen LogP contribution in [0.4, 0.5) is 4.39 Å². The molecule has 184 valence electrons. The van der Waals surface area contributed by atoms with Crippen LogP contribution in [0.3, 0.4) is 0 Å². The summed E-state index contributed by atoms with van der Waals surface area (Å²) in [4.78, 5) is 43.9. The third-order valence-electron chi connectivity index (χ3n) is 6.76. The summed E-state index contributed by atoms with van der Waals surface area (Å²) in [5.41, 5.74) is 2.63. The maximum Gasteiger partial charge on any atom is 0.294 e. The summed E-state index contributed by atoms with van der Waals surface area (Å²) in [7, 11) is 4.93. The third kappa shape index (κ3) is 4.84. The first kappa shape index (κ1) is 24.6. The lowest BCUT2D eigenvalue weighted by atomic mass is 10.0. The molecule has 8 heteroatoms. The molecule has 2 atom stereocenters. The number of hydrogen-bond acceptors (Lipinski definition) is 4. The van der Waals surface area contributed by atoms with Gasteiger partial charge in [0.15, 0.2) is 0 Å². The van der Waals surface area contributed by atoms with Crippen LogP contribution < -0.4 is 0 Å². The van der Waals surface area contributed by atoms with E-state index in [0.29, 0.717) is 30.6 Å². The fraction of sp³-hybridized carbons (Fsp3) is 0.370. The minimum Gasteiger partial charge on any atom is -0.350 e. The Morgan fingerprint density at radius 3 is 2.34 bits per heavy atom. The van der Waals surface area contributed by atoms with Gasteiger partial charge in [-0.25, -0.2) is 4.39 Å². The maximum absolute atomic E-state index is 13.7. The number of likely N-dealkylation sites (N-methyl/N-ethyl adjacent to an activating group) is 1. The van der Waals surface area contributed by atoms with Crippen molar-refractivity contribution in [2.24, 2.45) is 7.05 Å². The normalized spacial score (nSPS) is 18.6. The summed E-state index contributed by atoms with van der Waals surface area (Å²) < 4.78 is 15.1. The molecule has 3 aromatic rings. The van der Waals surface area contributed by atoms with Crippen LogP contribution in [0.5, 0.6) is 0 Å². The van der Waals surface area contributed by atoms with Crippen LogP contribution in [-0.4, -0.2) is 76.1 Å².